The van der Waals surface area contributed by atoms with E-state index < -0.39 is 0 Å². The van der Waals surface area contributed by atoms with E-state index in [9.17, 15) is 4.39 Å². The van der Waals surface area contributed by atoms with Gasteiger partial charge < -0.3 is 4.98 Å². The fraction of sp³-hybridized carbons (Fsp3) is 0.235. The Morgan fingerprint density at radius 1 is 1.14 bits per heavy atom. The molecule has 1 heterocycles. The fourth-order valence-corrected chi connectivity index (χ4v) is 2.84. The molecule has 0 saturated carbocycles. The van der Waals surface area contributed by atoms with Crippen LogP contribution < -0.4 is 0 Å². The topological polar surface area (TPSA) is 20.7 Å². The van der Waals surface area contributed by atoms with Crippen LogP contribution in [0.4, 0.5) is 4.39 Å². The lowest BCUT2D eigenvalue weighted by molar-refractivity contribution is 0.629. The van der Waals surface area contributed by atoms with Gasteiger partial charge in [0.2, 0.25) is 0 Å². The molecule has 0 atom stereocenters. The largest absolute Gasteiger partial charge is 0.330 e. The number of halogens is 1. The number of fused-ring (bicyclic) bond motifs is 1. The molecule has 1 N–H and O–H groups in total. The first-order chi connectivity index (χ1) is 10.2. The molecule has 3 rings (SSSR count). The van der Waals surface area contributed by atoms with E-state index in [1.54, 1.807) is 6.07 Å². The fourth-order valence-electron chi connectivity index (χ4n) is 2.52. The van der Waals surface area contributed by atoms with Gasteiger partial charge in [-0.2, -0.15) is 0 Å². The van der Waals surface area contributed by atoms with Crippen LogP contribution in [0.5, 0.6) is 0 Å². The van der Waals surface area contributed by atoms with E-state index in [0.29, 0.717) is 4.77 Å². The zero-order chi connectivity index (χ0) is 14.8. The number of aromatic amines is 1. The Labute approximate surface area is 128 Å². The van der Waals surface area contributed by atoms with Crippen LogP contribution in [0.25, 0.3) is 16.7 Å². The Morgan fingerprint density at radius 2 is 1.90 bits per heavy atom. The van der Waals surface area contributed by atoms with Crippen LogP contribution >= 0.6 is 12.2 Å². The van der Waals surface area contributed by atoms with Crippen molar-refractivity contribution < 1.29 is 4.39 Å². The highest BCUT2D eigenvalue weighted by Crippen LogP contribution is 2.21. The van der Waals surface area contributed by atoms with Crippen molar-refractivity contribution >= 4 is 23.3 Å². The third-order valence-electron chi connectivity index (χ3n) is 3.66. The molecule has 0 bridgehead atoms. The number of H-pyrrole nitrogens is 1. The number of nitrogens with one attached hydrogen (secondary N) is 1. The van der Waals surface area contributed by atoms with E-state index in [4.69, 9.17) is 12.2 Å². The average molecular weight is 300 g/mol. The van der Waals surface area contributed by atoms with Crippen molar-refractivity contribution in [3.05, 3.63) is 58.6 Å². The van der Waals surface area contributed by atoms with Crippen LogP contribution in [0.15, 0.2) is 42.5 Å². The second-order valence-corrected chi connectivity index (χ2v) is 5.58. The molecule has 0 spiro atoms. The summed E-state index contributed by atoms with van der Waals surface area (Å²) in [5, 5.41) is 0. The lowest BCUT2D eigenvalue weighted by Crippen LogP contribution is -1.95. The summed E-state index contributed by atoms with van der Waals surface area (Å²) in [5.74, 6) is -0.259. The molecule has 0 aliphatic carbocycles. The predicted molar refractivity (Wildman–Crippen MR) is 87.0 cm³/mol. The van der Waals surface area contributed by atoms with Gasteiger partial charge in [0.05, 0.1) is 11.0 Å². The lowest BCUT2D eigenvalue weighted by Gasteiger charge is -2.06. The highest BCUT2D eigenvalue weighted by atomic mass is 32.1. The second-order valence-electron chi connectivity index (χ2n) is 5.20. The van der Waals surface area contributed by atoms with E-state index in [-0.39, 0.29) is 5.82 Å². The van der Waals surface area contributed by atoms with Gasteiger partial charge in [-0.15, -0.1) is 0 Å². The van der Waals surface area contributed by atoms with Crippen molar-refractivity contribution in [2.75, 3.05) is 0 Å². The van der Waals surface area contributed by atoms with E-state index in [1.165, 1.54) is 30.5 Å². The first-order valence-corrected chi connectivity index (χ1v) is 7.59. The lowest BCUT2D eigenvalue weighted by atomic mass is 10.1. The van der Waals surface area contributed by atoms with Crippen molar-refractivity contribution in [3.63, 3.8) is 0 Å². The average Bonchev–Trinajstić information content (AvgIpc) is 2.81. The minimum atomic E-state index is -0.259. The summed E-state index contributed by atoms with van der Waals surface area (Å²) in [6, 6.07) is 13.0. The number of aromatic nitrogens is 2. The molecular formula is C17H17FN2S. The van der Waals surface area contributed by atoms with Gasteiger partial charge in [0.15, 0.2) is 4.77 Å². The molecule has 0 saturated heterocycles. The third-order valence-corrected chi connectivity index (χ3v) is 3.94. The van der Waals surface area contributed by atoms with Gasteiger partial charge in [0.1, 0.15) is 5.82 Å². The quantitative estimate of drug-likeness (QED) is 0.659. The maximum atomic E-state index is 13.5. The summed E-state index contributed by atoms with van der Waals surface area (Å²) in [5.41, 5.74) is 3.88. The summed E-state index contributed by atoms with van der Waals surface area (Å²) in [6.07, 6.45) is 3.47. The predicted octanol–water partition coefficient (Wildman–Crippen LogP) is 5.17. The number of hydrogen-bond donors (Lipinski definition) is 1. The molecule has 0 aliphatic rings. The van der Waals surface area contributed by atoms with Crippen molar-refractivity contribution in [2.24, 2.45) is 0 Å². The molecule has 0 fully saturated rings. The highest BCUT2D eigenvalue weighted by Gasteiger charge is 2.07. The molecule has 4 heteroatoms. The zero-order valence-corrected chi connectivity index (χ0v) is 12.7. The molecule has 0 aliphatic heterocycles. The van der Waals surface area contributed by atoms with Gasteiger partial charge in [-0.3, -0.25) is 4.57 Å². The van der Waals surface area contributed by atoms with Crippen LogP contribution in [0, 0.1) is 10.6 Å². The van der Waals surface area contributed by atoms with Crippen LogP contribution in [0.3, 0.4) is 0 Å². The Balaban J connectivity index is 2.05. The smallest absolute Gasteiger partial charge is 0.182 e. The van der Waals surface area contributed by atoms with Gasteiger partial charge in [0.25, 0.3) is 0 Å². The van der Waals surface area contributed by atoms with Gasteiger partial charge in [-0.1, -0.05) is 25.5 Å². The Bertz CT molecular complexity index is 815. The van der Waals surface area contributed by atoms with Crippen LogP contribution in [-0.2, 0) is 6.42 Å². The molecule has 0 amide bonds. The number of unbranched alkanes of at least 4 members (excludes halogenated alkanes) is 1. The van der Waals surface area contributed by atoms with Gasteiger partial charge in [0, 0.05) is 11.8 Å². The van der Waals surface area contributed by atoms with E-state index >= 15 is 0 Å². The van der Waals surface area contributed by atoms with E-state index in [1.807, 2.05) is 16.7 Å². The number of hydrogen-bond acceptors (Lipinski definition) is 1. The van der Waals surface area contributed by atoms with Crippen LogP contribution in [0.1, 0.15) is 25.3 Å². The standard InChI is InChI=1S/C17H17FN2S/c1-2-3-4-12-5-8-14(9-6-12)20-16-11-13(18)7-10-15(16)19-17(20)21/h5-11H,2-4H2,1H3,(H,19,21). The maximum absolute atomic E-state index is 13.5. The number of nitrogens with zero attached hydrogens (tertiary/aromatic N) is 1. The molecule has 108 valence electrons. The van der Waals surface area contributed by atoms with Gasteiger partial charge >= 0.3 is 0 Å². The Hall–Kier alpha value is -1.94. The Kier molecular flexibility index (Phi) is 3.88. The number of aryl methyl sites for hydroxylation is 1. The van der Waals surface area contributed by atoms with E-state index in [2.05, 4.69) is 24.0 Å². The molecule has 2 nitrogen and oxygen atoms in total. The van der Waals surface area contributed by atoms with Crippen molar-refractivity contribution in [1.29, 1.82) is 0 Å². The van der Waals surface area contributed by atoms with Gasteiger partial charge in [-0.25, -0.2) is 4.39 Å². The summed E-state index contributed by atoms with van der Waals surface area (Å²) in [7, 11) is 0. The zero-order valence-electron chi connectivity index (χ0n) is 11.9. The number of rotatable bonds is 4. The normalized spacial score (nSPS) is 11.1. The van der Waals surface area contributed by atoms with Crippen LogP contribution in [0.2, 0.25) is 0 Å². The summed E-state index contributed by atoms with van der Waals surface area (Å²) >= 11 is 5.37. The molecule has 21 heavy (non-hydrogen) atoms. The molecule has 0 radical (unpaired) electrons. The van der Waals surface area contributed by atoms with Crippen molar-refractivity contribution in [3.8, 4) is 5.69 Å². The molecule has 0 unspecified atom stereocenters. The SMILES string of the molecule is CCCCc1ccc(-n2c(=S)[nH]c3ccc(F)cc32)cc1. The first kappa shape index (κ1) is 14.0. The maximum Gasteiger partial charge on any atom is 0.182 e. The number of benzene rings is 2. The molecular weight excluding hydrogens is 283 g/mol. The second kappa shape index (κ2) is 5.82. The third kappa shape index (κ3) is 2.76. The highest BCUT2D eigenvalue weighted by molar-refractivity contribution is 7.71. The molecule has 1 aromatic heterocycles. The van der Waals surface area contributed by atoms with E-state index in [0.717, 1.165) is 23.1 Å². The minimum Gasteiger partial charge on any atom is -0.330 e. The molecule has 3 aromatic rings. The molecule has 2 aromatic carbocycles. The summed E-state index contributed by atoms with van der Waals surface area (Å²) < 4.78 is 15.9. The van der Waals surface area contributed by atoms with Crippen molar-refractivity contribution in [2.45, 2.75) is 26.2 Å². The summed E-state index contributed by atoms with van der Waals surface area (Å²) in [6.45, 7) is 2.19. The van der Waals surface area contributed by atoms with Crippen molar-refractivity contribution in [1.82, 2.24) is 9.55 Å². The van der Waals surface area contributed by atoms with Crippen LogP contribution in [-0.4, -0.2) is 9.55 Å². The van der Waals surface area contributed by atoms with Gasteiger partial charge in [-0.05, 0) is 54.9 Å². The summed E-state index contributed by atoms with van der Waals surface area (Å²) in [4.78, 5) is 3.11. The first-order valence-electron chi connectivity index (χ1n) is 7.18. The minimum absolute atomic E-state index is 0.259. The number of imidazole rings is 1. The Morgan fingerprint density at radius 3 is 2.62 bits per heavy atom. The monoisotopic (exact) mass is 300 g/mol.